The lowest BCUT2D eigenvalue weighted by Gasteiger charge is -2.04. The van der Waals surface area contributed by atoms with Crippen molar-refractivity contribution >= 4 is 17.2 Å². The molecule has 0 N–H and O–H groups in total. The minimum absolute atomic E-state index is 0.688. The minimum atomic E-state index is 0.688. The Balaban J connectivity index is 2.05. The van der Waals surface area contributed by atoms with Gasteiger partial charge in [0.15, 0.2) is 5.65 Å². The first kappa shape index (κ1) is 11.2. The molecule has 0 saturated heterocycles. The van der Waals surface area contributed by atoms with Crippen molar-refractivity contribution in [2.75, 3.05) is 0 Å². The first-order valence-corrected chi connectivity index (χ1v) is 6.15. The number of benzene rings is 1. The summed E-state index contributed by atoms with van der Waals surface area (Å²) in [4.78, 5) is 0. The maximum absolute atomic E-state index is 6.01. The first-order valence-electron chi connectivity index (χ1n) is 5.78. The summed E-state index contributed by atoms with van der Waals surface area (Å²) in [5.74, 6) is 0.904. The molecule has 18 heavy (non-hydrogen) atoms. The molecule has 1 aromatic carbocycles. The van der Waals surface area contributed by atoms with Crippen LogP contribution < -0.4 is 0 Å². The summed E-state index contributed by atoms with van der Waals surface area (Å²) in [6.07, 6.45) is 2.61. The summed E-state index contributed by atoms with van der Waals surface area (Å²) in [7, 11) is 0. The van der Waals surface area contributed by atoms with Crippen molar-refractivity contribution in [1.29, 1.82) is 0 Å². The van der Waals surface area contributed by atoms with Crippen LogP contribution >= 0.6 is 11.6 Å². The molecule has 0 amide bonds. The maximum atomic E-state index is 6.01. The van der Waals surface area contributed by atoms with Crippen molar-refractivity contribution in [2.45, 2.75) is 13.3 Å². The number of hydrogen-bond acceptors (Lipinski definition) is 2. The van der Waals surface area contributed by atoms with Crippen LogP contribution in [-0.2, 0) is 6.42 Å². The maximum Gasteiger partial charge on any atom is 0.160 e. The molecule has 0 unspecified atom stereocenters. The topological polar surface area (TPSA) is 30.2 Å². The molecule has 3 aromatic rings. The molecule has 0 aliphatic heterocycles. The molecule has 0 saturated carbocycles. The summed E-state index contributed by atoms with van der Waals surface area (Å²) in [5.41, 5.74) is 3.34. The van der Waals surface area contributed by atoms with Crippen LogP contribution in [0, 0.1) is 6.92 Å². The Hall–Kier alpha value is -1.87. The summed E-state index contributed by atoms with van der Waals surface area (Å²) >= 11 is 6.01. The fourth-order valence-corrected chi connectivity index (χ4v) is 2.17. The van der Waals surface area contributed by atoms with Gasteiger partial charge in [0.1, 0.15) is 5.82 Å². The van der Waals surface area contributed by atoms with E-state index < -0.39 is 0 Å². The minimum Gasteiger partial charge on any atom is -0.285 e. The summed E-state index contributed by atoms with van der Waals surface area (Å²) in [5, 5.41) is 9.06. The number of aromatic nitrogens is 3. The first-order chi connectivity index (χ1) is 8.74. The Kier molecular flexibility index (Phi) is 2.76. The second kappa shape index (κ2) is 4.42. The molecular weight excluding hydrogens is 246 g/mol. The standard InChI is InChI=1S/C14H12ClN3/c1-10-4-2-3-5-11(10)8-14-17-16-13-7-6-12(15)9-18(13)14/h2-7,9H,8H2,1H3. The monoisotopic (exact) mass is 257 g/mol. The molecule has 0 bridgehead atoms. The van der Waals surface area contributed by atoms with Crippen LogP contribution in [0.2, 0.25) is 5.02 Å². The molecule has 0 radical (unpaired) electrons. The highest BCUT2D eigenvalue weighted by atomic mass is 35.5. The predicted molar refractivity (Wildman–Crippen MR) is 72.0 cm³/mol. The lowest BCUT2D eigenvalue weighted by Crippen LogP contribution is -1.98. The van der Waals surface area contributed by atoms with E-state index in [1.807, 2.05) is 34.9 Å². The van der Waals surface area contributed by atoms with Crippen LogP contribution in [0.25, 0.3) is 5.65 Å². The van der Waals surface area contributed by atoms with Gasteiger partial charge in [0.25, 0.3) is 0 Å². The number of pyridine rings is 1. The third-order valence-electron chi connectivity index (χ3n) is 3.05. The zero-order chi connectivity index (χ0) is 12.5. The van der Waals surface area contributed by atoms with Crippen LogP contribution in [0.1, 0.15) is 17.0 Å². The van der Waals surface area contributed by atoms with Crippen LogP contribution in [0.3, 0.4) is 0 Å². The van der Waals surface area contributed by atoms with E-state index in [1.165, 1.54) is 11.1 Å². The van der Waals surface area contributed by atoms with Crippen molar-refractivity contribution in [1.82, 2.24) is 14.6 Å². The van der Waals surface area contributed by atoms with Gasteiger partial charge in [0.2, 0.25) is 0 Å². The van der Waals surface area contributed by atoms with Gasteiger partial charge in [0, 0.05) is 12.6 Å². The number of halogens is 1. The second-order valence-electron chi connectivity index (χ2n) is 4.30. The van der Waals surface area contributed by atoms with Crippen molar-refractivity contribution in [3.8, 4) is 0 Å². The van der Waals surface area contributed by atoms with Crippen LogP contribution in [0.4, 0.5) is 0 Å². The molecule has 0 aliphatic rings. The van der Waals surface area contributed by atoms with Crippen LogP contribution in [-0.4, -0.2) is 14.6 Å². The largest absolute Gasteiger partial charge is 0.285 e. The normalized spacial score (nSPS) is 11.0. The van der Waals surface area contributed by atoms with Crippen molar-refractivity contribution in [2.24, 2.45) is 0 Å². The average Bonchev–Trinajstić information content (AvgIpc) is 2.75. The van der Waals surface area contributed by atoms with Gasteiger partial charge in [-0.25, -0.2) is 0 Å². The third-order valence-corrected chi connectivity index (χ3v) is 3.27. The SMILES string of the molecule is Cc1ccccc1Cc1nnc2ccc(Cl)cn12. The van der Waals surface area contributed by atoms with E-state index in [4.69, 9.17) is 11.6 Å². The van der Waals surface area contributed by atoms with E-state index in [2.05, 4.69) is 29.3 Å². The zero-order valence-electron chi connectivity index (χ0n) is 9.97. The van der Waals surface area contributed by atoms with Crippen molar-refractivity contribution in [3.63, 3.8) is 0 Å². The van der Waals surface area contributed by atoms with E-state index in [0.717, 1.165) is 17.9 Å². The van der Waals surface area contributed by atoms with E-state index >= 15 is 0 Å². The van der Waals surface area contributed by atoms with Crippen LogP contribution in [0.5, 0.6) is 0 Å². The molecule has 4 heteroatoms. The Morgan fingerprint density at radius 1 is 1.11 bits per heavy atom. The molecule has 0 spiro atoms. The second-order valence-corrected chi connectivity index (χ2v) is 4.73. The Morgan fingerprint density at radius 2 is 1.94 bits per heavy atom. The molecule has 0 aliphatic carbocycles. The zero-order valence-corrected chi connectivity index (χ0v) is 10.7. The van der Waals surface area contributed by atoms with Gasteiger partial charge >= 0.3 is 0 Å². The molecular formula is C14H12ClN3. The number of nitrogens with zero attached hydrogens (tertiary/aromatic N) is 3. The van der Waals surface area contributed by atoms with E-state index in [1.54, 1.807) is 0 Å². The molecule has 2 aromatic heterocycles. The lowest BCUT2D eigenvalue weighted by atomic mass is 10.1. The Labute approximate surface area is 110 Å². The summed E-state index contributed by atoms with van der Waals surface area (Å²) in [6.45, 7) is 2.10. The quantitative estimate of drug-likeness (QED) is 0.705. The predicted octanol–water partition coefficient (Wildman–Crippen LogP) is 3.28. The van der Waals surface area contributed by atoms with E-state index in [0.29, 0.717) is 5.02 Å². The van der Waals surface area contributed by atoms with Gasteiger partial charge in [-0.1, -0.05) is 35.9 Å². The summed E-state index contributed by atoms with van der Waals surface area (Å²) in [6, 6.07) is 12.0. The molecule has 3 rings (SSSR count). The number of rotatable bonds is 2. The van der Waals surface area contributed by atoms with Gasteiger partial charge in [0.05, 0.1) is 5.02 Å². The fraction of sp³-hybridized carbons (Fsp3) is 0.143. The lowest BCUT2D eigenvalue weighted by molar-refractivity contribution is 0.929. The van der Waals surface area contributed by atoms with Gasteiger partial charge in [-0.15, -0.1) is 10.2 Å². The smallest absolute Gasteiger partial charge is 0.160 e. The van der Waals surface area contributed by atoms with Crippen molar-refractivity contribution < 1.29 is 0 Å². The Bertz CT molecular complexity index is 703. The number of fused-ring (bicyclic) bond motifs is 1. The summed E-state index contributed by atoms with van der Waals surface area (Å²) < 4.78 is 1.94. The molecule has 0 atom stereocenters. The van der Waals surface area contributed by atoms with E-state index in [-0.39, 0.29) is 0 Å². The number of hydrogen-bond donors (Lipinski definition) is 0. The average molecular weight is 258 g/mol. The van der Waals surface area contributed by atoms with Gasteiger partial charge < -0.3 is 0 Å². The Morgan fingerprint density at radius 3 is 2.78 bits per heavy atom. The molecule has 0 fully saturated rings. The molecule has 2 heterocycles. The molecule has 3 nitrogen and oxygen atoms in total. The molecule has 90 valence electrons. The van der Waals surface area contributed by atoms with Gasteiger partial charge in [-0.05, 0) is 30.2 Å². The third kappa shape index (κ3) is 1.97. The highest BCUT2D eigenvalue weighted by molar-refractivity contribution is 6.30. The van der Waals surface area contributed by atoms with E-state index in [9.17, 15) is 0 Å². The van der Waals surface area contributed by atoms with Crippen LogP contribution in [0.15, 0.2) is 42.6 Å². The number of aryl methyl sites for hydroxylation is 1. The highest BCUT2D eigenvalue weighted by Crippen LogP contribution is 2.15. The highest BCUT2D eigenvalue weighted by Gasteiger charge is 2.07. The fourth-order valence-electron chi connectivity index (χ4n) is 2.01. The van der Waals surface area contributed by atoms with Crippen molar-refractivity contribution in [3.05, 3.63) is 64.6 Å². The van der Waals surface area contributed by atoms with Gasteiger partial charge in [-0.3, -0.25) is 4.40 Å². The van der Waals surface area contributed by atoms with Gasteiger partial charge in [-0.2, -0.15) is 0 Å².